The van der Waals surface area contributed by atoms with Crippen LogP contribution in [0.15, 0.2) is 23.3 Å². The van der Waals surface area contributed by atoms with Crippen molar-refractivity contribution in [1.82, 2.24) is 20.2 Å². The summed E-state index contributed by atoms with van der Waals surface area (Å²) in [7, 11) is 1.87. The molecule has 1 unspecified atom stereocenters. The lowest BCUT2D eigenvalue weighted by molar-refractivity contribution is 0.623. The molecule has 0 radical (unpaired) electrons. The van der Waals surface area contributed by atoms with Crippen molar-refractivity contribution < 1.29 is 0 Å². The maximum atomic E-state index is 5.48. The molecule has 14 heavy (non-hydrogen) atoms. The Morgan fingerprint density at radius 1 is 1.64 bits per heavy atom. The minimum atomic E-state index is -0.0741. The second-order valence-electron chi connectivity index (χ2n) is 2.96. The fourth-order valence-electron chi connectivity index (χ4n) is 1.31. The Morgan fingerprint density at radius 2 is 2.50 bits per heavy atom. The molecule has 0 bridgehead atoms. The molecule has 74 valence electrons. The second-order valence-corrected chi connectivity index (χ2v) is 3.68. The molecule has 2 rings (SSSR count). The maximum Gasteiger partial charge on any atom is 0.0920 e. The van der Waals surface area contributed by atoms with Crippen LogP contribution >= 0.6 is 11.3 Å². The van der Waals surface area contributed by atoms with Gasteiger partial charge >= 0.3 is 0 Å². The largest absolute Gasteiger partial charge is 0.275 e. The summed E-state index contributed by atoms with van der Waals surface area (Å²) in [5.41, 5.74) is 6.45. The van der Waals surface area contributed by atoms with Crippen molar-refractivity contribution in [1.29, 1.82) is 0 Å². The van der Waals surface area contributed by atoms with E-state index in [0.717, 1.165) is 11.3 Å². The van der Waals surface area contributed by atoms with Crippen molar-refractivity contribution >= 4 is 11.3 Å². The van der Waals surface area contributed by atoms with Crippen LogP contribution in [0.25, 0.3) is 0 Å². The second kappa shape index (κ2) is 3.87. The molecule has 0 fully saturated rings. The van der Waals surface area contributed by atoms with E-state index in [4.69, 9.17) is 5.84 Å². The summed E-state index contributed by atoms with van der Waals surface area (Å²) in [6.45, 7) is 0. The van der Waals surface area contributed by atoms with Crippen LogP contribution in [0.2, 0.25) is 0 Å². The average molecular weight is 209 g/mol. The van der Waals surface area contributed by atoms with Gasteiger partial charge in [0.15, 0.2) is 0 Å². The zero-order valence-corrected chi connectivity index (χ0v) is 8.53. The van der Waals surface area contributed by atoms with Gasteiger partial charge in [-0.15, -0.1) is 11.3 Å². The van der Waals surface area contributed by atoms with Crippen LogP contribution in [-0.2, 0) is 7.05 Å². The molecule has 6 heteroatoms. The van der Waals surface area contributed by atoms with E-state index in [0.29, 0.717) is 0 Å². The predicted octanol–water partition coefficient (Wildman–Crippen LogP) is 0.429. The van der Waals surface area contributed by atoms with E-state index in [1.165, 1.54) is 0 Å². The van der Waals surface area contributed by atoms with E-state index in [9.17, 15) is 0 Å². The molecule has 0 aromatic carbocycles. The van der Waals surface area contributed by atoms with Gasteiger partial charge in [-0.05, 0) is 0 Å². The Labute approximate surface area is 85.5 Å². The lowest BCUT2D eigenvalue weighted by Crippen LogP contribution is -2.28. The standard InChI is InChI=1S/C8H11N5S/c1-13-3-6(2-11-13)8(12-9)7-4-14-5-10-7/h2-5,8,12H,9H2,1H3. The highest BCUT2D eigenvalue weighted by Crippen LogP contribution is 2.19. The van der Waals surface area contributed by atoms with Gasteiger partial charge in [-0.25, -0.2) is 10.4 Å². The Bertz CT molecular complexity index is 394. The number of aromatic nitrogens is 3. The van der Waals surface area contributed by atoms with Crippen LogP contribution in [0.5, 0.6) is 0 Å². The number of nitrogens with two attached hydrogens (primary N) is 1. The molecular weight excluding hydrogens is 198 g/mol. The Hall–Kier alpha value is -1.24. The smallest absolute Gasteiger partial charge is 0.0920 e. The highest BCUT2D eigenvalue weighted by molar-refractivity contribution is 7.07. The predicted molar refractivity (Wildman–Crippen MR) is 54.5 cm³/mol. The van der Waals surface area contributed by atoms with Crippen molar-refractivity contribution in [3.63, 3.8) is 0 Å². The van der Waals surface area contributed by atoms with Crippen molar-refractivity contribution in [2.75, 3.05) is 0 Å². The monoisotopic (exact) mass is 209 g/mol. The average Bonchev–Trinajstić information content (AvgIpc) is 2.79. The topological polar surface area (TPSA) is 68.8 Å². The lowest BCUT2D eigenvalue weighted by Gasteiger charge is -2.10. The summed E-state index contributed by atoms with van der Waals surface area (Å²) in [6.07, 6.45) is 3.70. The summed E-state index contributed by atoms with van der Waals surface area (Å²) >= 11 is 1.55. The zero-order chi connectivity index (χ0) is 9.97. The van der Waals surface area contributed by atoms with Crippen molar-refractivity contribution in [2.45, 2.75) is 6.04 Å². The van der Waals surface area contributed by atoms with Gasteiger partial charge in [0.1, 0.15) is 0 Å². The molecule has 0 aliphatic carbocycles. The van der Waals surface area contributed by atoms with Gasteiger partial charge in [-0.2, -0.15) is 5.10 Å². The molecule has 0 saturated carbocycles. The van der Waals surface area contributed by atoms with Gasteiger partial charge in [-0.3, -0.25) is 10.5 Å². The normalized spacial score (nSPS) is 13.0. The molecule has 0 saturated heterocycles. The Kier molecular flexibility index (Phi) is 2.58. The Morgan fingerprint density at radius 3 is 3.00 bits per heavy atom. The molecule has 0 aliphatic heterocycles. The minimum Gasteiger partial charge on any atom is -0.275 e. The number of nitrogens with zero attached hydrogens (tertiary/aromatic N) is 3. The van der Waals surface area contributed by atoms with Gasteiger partial charge < -0.3 is 0 Å². The van der Waals surface area contributed by atoms with Crippen molar-refractivity contribution in [3.8, 4) is 0 Å². The van der Waals surface area contributed by atoms with Gasteiger partial charge in [-0.1, -0.05) is 0 Å². The fraction of sp³-hybridized carbons (Fsp3) is 0.250. The Balaban J connectivity index is 2.31. The summed E-state index contributed by atoms with van der Waals surface area (Å²) in [6, 6.07) is -0.0741. The molecule has 5 nitrogen and oxygen atoms in total. The van der Waals surface area contributed by atoms with Crippen LogP contribution < -0.4 is 11.3 Å². The minimum absolute atomic E-state index is 0.0741. The van der Waals surface area contributed by atoms with Crippen LogP contribution in [-0.4, -0.2) is 14.8 Å². The first-order valence-electron chi connectivity index (χ1n) is 4.14. The van der Waals surface area contributed by atoms with Crippen LogP contribution in [0.4, 0.5) is 0 Å². The molecule has 0 amide bonds. The molecule has 0 aliphatic rings. The fourth-order valence-corrected chi connectivity index (χ4v) is 1.89. The maximum absolute atomic E-state index is 5.48. The summed E-state index contributed by atoms with van der Waals surface area (Å²) in [5, 5.41) is 6.06. The lowest BCUT2D eigenvalue weighted by atomic mass is 10.1. The van der Waals surface area contributed by atoms with Crippen LogP contribution in [0, 0.1) is 0 Å². The molecule has 0 spiro atoms. The molecule has 2 heterocycles. The first-order valence-corrected chi connectivity index (χ1v) is 5.08. The summed E-state index contributed by atoms with van der Waals surface area (Å²) in [5.74, 6) is 5.48. The molecule has 2 aromatic heterocycles. The molecule has 2 aromatic rings. The third kappa shape index (κ3) is 1.67. The van der Waals surface area contributed by atoms with Gasteiger partial charge in [0.25, 0.3) is 0 Å². The summed E-state index contributed by atoms with van der Waals surface area (Å²) in [4.78, 5) is 4.21. The van der Waals surface area contributed by atoms with E-state index in [1.807, 2.05) is 18.6 Å². The molecule has 1 atom stereocenters. The summed E-state index contributed by atoms with van der Waals surface area (Å²) < 4.78 is 1.74. The van der Waals surface area contributed by atoms with Crippen molar-refractivity contribution in [2.24, 2.45) is 12.9 Å². The number of thiazole rings is 1. The number of hydrazine groups is 1. The number of aryl methyl sites for hydroxylation is 1. The van der Waals surface area contributed by atoms with Gasteiger partial charge in [0, 0.05) is 24.2 Å². The van der Waals surface area contributed by atoms with Gasteiger partial charge in [0.2, 0.25) is 0 Å². The van der Waals surface area contributed by atoms with E-state index < -0.39 is 0 Å². The van der Waals surface area contributed by atoms with Crippen molar-refractivity contribution in [3.05, 3.63) is 34.5 Å². The first-order chi connectivity index (χ1) is 6.81. The number of rotatable bonds is 3. The molecular formula is C8H11N5S. The number of hydrogen-bond donors (Lipinski definition) is 2. The SMILES string of the molecule is Cn1cc(C(NN)c2cscn2)cn1. The quantitative estimate of drug-likeness (QED) is 0.568. The first kappa shape index (κ1) is 9.32. The van der Waals surface area contributed by atoms with Crippen LogP contribution in [0.1, 0.15) is 17.3 Å². The third-order valence-corrected chi connectivity index (χ3v) is 2.58. The highest BCUT2D eigenvalue weighted by atomic mass is 32.1. The number of nitrogens with one attached hydrogen (secondary N) is 1. The van der Waals surface area contributed by atoms with Gasteiger partial charge in [0.05, 0.1) is 23.4 Å². The third-order valence-electron chi connectivity index (χ3n) is 1.97. The van der Waals surface area contributed by atoms with E-state index in [-0.39, 0.29) is 6.04 Å². The molecule has 3 N–H and O–H groups in total. The zero-order valence-electron chi connectivity index (χ0n) is 7.71. The van der Waals surface area contributed by atoms with Crippen LogP contribution in [0.3, 0.4) is 0 Å². The highest BCUT2D eigenvalue weighted by Gasteiger charge is 2.15. The number of hydrogen-bond acceptors (Lipinski definition) is 5. The van der Waals surface area contributed by atoms with E-state index >= 15 is 0 Å². The van der Waals surface area contributed by atoms with E-state index in [1.54, 1.807) is 27.7 Å². The van der Waals surface area contributed by atoms with E-state index in [2.05, 4.69) is 15.5 Å².